The van der Waals surface area contributed by atoms with E-state index in [9.17, 15) is 4.79 Å². The Labute approximate surface area is 416 Å². The maximum absolute atomic E-state index is 14.6. The number of hydrogen-bond acceptors (Lipinski definition) is 5. The average molecular weight is 947 g/mol. The van der Waals surface area contributed by atoms with Crippen LogP contribution in [0, 0.1) is 0 Å². The van der Waals surface area contributed by atoms with Crippen LogP contribution in [0.2, 0.25) is 0 Å². The molecule has 5 rings (SSSR count). The van der Waals surface area contributed by atoms with Crippen LogP contribution in [-0.2, 0) is 49.7 Å². The van der Waals surface area contributed by atoms with E-state index in [1.807, 2.05) is 18.2 Å². The summed E-state index contributed by atoms with van der Waals surface area (Å²) < 4.78 is 28.8. The normalized spacial score (nSPS) is 14.6. The van der Waals surface area contributed by atoms with Gasteiger partial charge in [0, 0.05) is 34.2 Å². The standard InChI is InChI=1S/C62H91O5P/c1-25-59(17,18)43-32-39-31-40-33-44(60(19,20)26-2)38-49(62(23,24)28-4)52(40)66-68(65-51(39)48(37-43)61(21,22)27-3)67-53-46(57(11,12)13)34-41(35-47(53)58(14,15)16)54(63)64-50-30-29-42(55(5,6)7)36-45(50)56(8,9)10/h29-30,32-38H,25-28,31H2,1-24H3. The molecule has 0 saturated carbocycles. The van der Waals surface area contributed by atoms with Gasteiger partial charge in [-0.2, -0.15) is 0 Å². The molecule has 1 aliphatic heterocycles. The second-order valence-corrected chi connectivity index (χ2v) is 27.6. The lowest BCUT2D eigenvalue weighted by atomic mass is 9.73. The molecule has 0 amide bonds. The number of carbonyl (C=O) groups is 1. The summed E-state index contributed by atoms with van der Waals surface area (Å²) in [5, 5.41) is 0. The summed E-state index contributed by atoms with van der Waals surface area (Å²) in [5.41, 5.74) is 10.0. The Kier molecular flexibility index (Phi) is 15.5. The zero-order valence-electron chi connectivity index (χ0n) is 47.2. The van der Waals surface area contributed by atoms with Gasteiger partial charge in [0.05, 0.1) is 5.56 Å². The van der Waals surface area contributed by atoms with Crippen molar-refractivity contribution in [3.8, 4) is 23.0 Å². The summed E-state index contributed by atoms with van der Waals surface area (Å²) in [6, 6.07) is 19.8. The number of hydrogen-bond donors (Lipinski definition) is 0. The van der Waals surface area contributed by atoms with Crippen LogP contribution in [0.15, 0.2) is 54.6 Å². The van der Waals surface area contributed by atoms with Gasteiger partial charge < -0.3 is 18.3 Å². The fourth-order valence-electron chi connectivity index (χ4n) is 8.71. The van der Waals surface area contributed by atoms with E-state index in [1.54, 1.807) is 0 Å². The van der Waals surface area contributed by atoms with E-state index in [-0.39, 0.29) is 32.5 Å². The summed E-state index contributed by atoms with van der Waals surface area (Å²) in [4.78, 5) is 14.6. The highest BCUT2D eigenvalue weighted by molar-refractivity contribution is 7.43. The van der Waals surface area contributed by atoms with Gasteiger partial charge in [0.15, 0.2) is 0 Å². The minimum Gasteiger partial charge on any atom is -0.423 e. The molecule has 68 heavy (non-hydrogen) atoms. The fourth-order valence-corrected chi connectivity index (χ4v) is 9.89. The molecule has 0 N–H and O–H groups in total. The second kappa shape index (κ2) is 19.1. The molecular formula is C62H91O5P. The molecule has 0 bridgehead atoms. The molecule has 0 aliphatic carbocycles. The molecule has 4 aromatic carbocycles. The molecule has 0 atom stereocenters. The molecule has 1 heterocycles. The smallest absolute Gasteiger partial charge is 0.423 e. The summed E-state index contributed by atoms with van der Waals surface area (Å²) in [6.07, 6.45) is 4.54. The van der Waals surface area contributed by atoms with Crippen molar-refractivity contribution >= 4 is 14.6 Å². The number of benzene rings is 4. The Morgan fingerprint density at radius 2 is 0.853 bits per heavy atom. The van der Waals surface area contributed by atoms with Crippen molar-refractivity contribution in [3.63, 3.8) is 0 Å². The summed E-state index contributed by atoms with van der Waals surface area (Å²) in [7, 11) is -2.12. The largest absolute Gasteiger partial charge is 0.530 e. The molecule has 374 valence electrons. The number of fused-ring (bicyclic) bond motifs is 2. The average Bonchev–Trinajstić information content (AvgIpc) is 3.21. The van der Waals surface area contributed by atoms with Crippen molar-refractivity contribution in [3.05, 3.63) is 116 Å². The molecule has 5 nitrogen and oxygen atoms in total. The highest BCUT2D eigenvalue weighted by Gasteiger charge is 2.40. The monoisotopic (exact) mass is 947 g/mol. The van der Waals surface area contributed by atoms with E-state index in [2.05, 4.69) is 203 Å². The van der Waals surface area contributed by atoms with Crippen molar-refractivity contribution < 1.29 is 23.1 Å². The van der Waals surface area contributed by atoms with Crippen molar-refractivity contribution in [1.29, 1.82) is 0 Å². The highest BCUT2D eigenvalue weighted by atomic mass is 31.2. The predicted octanol–water partition coefficient (Wildman–Crippen LogP) is 18.5. The van der Waals surface area contributed by atoms with E-state index < -0.39 is 25.4 Å². The fraction of sp³-hybridized carbons (Fsp3) is 0.597. The highest BCUT2D eigenvalue weighted by Crippen LogP contribution is 2.56. The minimum atomic E-state index is -2.12. The SMILES string of the molecule is CCC(C)(C)c1cc2c(c(C(C)(C)CC)c1)OP(Oc1c(C(C)(C)C)cc(C(=O)Oc3ccc(C(C)(C)C)cc3C(C)(C)C)cc1C(C)(C)C)Oc1c(cc(C(C)(C)CC)cc1C(C)(C)CC)C2. The quantitative estimate of drug-likeness (QED) is 0.0805. The van der Waals surface area contributed by atoms with Gasteiger partial charge in [-0.05, 0) is 115 Å². The first-order valence-electron chi connectivity index (χ1n) is 25.7. The van der Waals surface area contributed by atoms with Crippen molar-refractivity contribution in [2.24, 2.45) is 0 Å². The zero-order valence-corrected chi connectivity index (χ0v) is 48.1. The molecule has 0 saturated heterocycles. The number of esters is 1. The van der Waals surface area contributed by atoms with Crippen molar-refractivity contribution in [2.45, 2.75) is 242 Å². The van der Waals surface area contributed by atoms with Gasteiger partial charge >= 0.3 is 14.6 Å². The Bertz CT molecular complexity index is 2370. The minimum absolute atomic E-state index is 0.0474. The van der Waals surface area contributed by atoms with Gasteiger partial charge in [0.25, 0.3) is 0 Å². The summed E-state index contributed by atoms with van der Waals surface area (Å²) >= 11 is 0. The van der Waals surface area contributed by atoms with Gasteiger partial charge in [-0.15, -0.1) is 0 Å². The zero-order chi connectivity index (χ0) is 51.5. The molecule has 0 unspecified atom stereocenters. The van der Waals surface area contributed by atoms with Gasteiger partial charge in [-0.3, -0.25) is 0 Å². The lowest BCUT2D eigenvalue weighted by molar-refractivity contribution is 0.0731. The van der Waals surface area contributed by atoms with Gasteiger partial charge in [-0.25, -0.2) is 4.79 Å². The molecule has 0 spiro atoms. The maximum Gasteiger partial charge on any atom is 0.530 e. The Hall–Kier alpha value is -3.82. The van der Waals surface area contributed by atoms with Crippen LogP contribution in [0.1, 0.15) is 258 Å². The number of rotatable bonds is 12. The van der Waals surface area contributed by atoms with Crippen LogP contribution in [0.4, 0.5) is 0 Å². The van der Waals surface area contributed by atoms with E-state index >= 15 is 0 Å². The predicted molar refractivity (Wildman–Crippen MR) is 290 cm³/mol. The molecule has 4 aromatic rings. The van der Waals surface area contributed by atoms with Gasteiger partial charge in [0.1, 0.15) is 23.0 Å². The van der Waals surface area contributed by atoms with Crippen LogP contribution in [0.3, 0.4) is 0 Å². The lowest BCUT2D eigenvalue weighted by Gasteiger charge is -2.37. The number of ether oxygens (including phenoxy) is 1. The van der Waals surface area contributed by atoms with Crippen LogP contribution in [-0.4, -0.2) is 5.97 Å². The number of carbonyl (C=O) groups excluding carboxylic acids is 1. The van der Waals surface area contributed by atoms with Crippen LogP contribution in [0.25, 0.3) is 0 Å². The molecule has 0 fully saturated rings. The Balaban J connectivity index is 1.83. The maximum atomic E-state index is 14.6. The molecule has 0 radical (unpaired) electrons. The third kappa shape index (κ3) is 11.7. The first kappa shape index (κ1) is 55.1. The summed E-state index contributed by atoms with van der Waals surface area (Å²) in [6.45, 7) is 54.0. The van der Waals surface area contributed by atoms with Crippen LogP contribution in [0.5, 0.6) is 23.0 Å². The van der Waals surface area contributed by atoms with E-state index in [1.165, 1.54) is 27.8 Å². The molecular weight excluding hydrogens is 856 g/mol. The second-order valence-electron chi connectivity index (χ2n) is 26.6. The third-order valence-corrected chi connectivity index (χ3v) is 16.6. The van der Waals surface area contributed by atoms with Crippen LogP contribution < -0.4 is 18.3 Å². The van der Waals surface area contributed by atoms with E-state index in [0.29, 0.717) is 23.5 Å². The first-order chi connectivity index (χ1) is 30.9. The topological polar surface area (TPSA) is 54.0 Å². The van der Waals surface area contributed by atoms with Crippen molar-refractivity contribution in [1.82, 2.24) is 0 Å². The molecule has 1 aliphatic rings. The van der Waals surface area contributed by atoms with E-state index in [0.717, 1.165) is 65.0 Å². The van der Waals surface area contributed by atoms with E-state index in [4.69, 9.17) is 18.3 Å². The van der Waals surface area contributed by atoms with Crippen molar-refractivity contribution in [2.75, 3.05) is 0 Å². The first-order valence-corrected chi connectivity index (χ1v) is 26.8. The Morgan fingerprint density at radius 1 is 0.471 bits per heavy atom. The van der Waals surface area contributed by atoms with Gasteiger partial charge in [0.2, 0.25) is 0 Å². The summed E-state index contributed by atoms with van der Waals surface area (Å²) in [5.74, 6) is 2.56. The lowest BCUT2D eigenvalue weighted by Crippen LogP contribution is -2.26. The molecule has 0 aromatic heterocycles. The third-order valence-electron chi connectivity index (χ3n) is 15.6. The van der Waals surface area contributed by atoms with Gasteiger partial charge in [-0.1, -0.05) is 203 Å². The Morgan fingerprint density at radius 3 is 1.21 bits per heavy atom. The van der Waals surface area contributed by atoms with Crippen LogP contribution >= 0.6 is 8.60 Å². The molecule has 6 heteroatoms.